The molecule has 0 spiro atoms. The maximum Gasteiger partial charge on any atom is 0.507 e. The smallest absolute Gasteiger partial charge is 0.438 e. The number of ether oxygens (including phenoxy) is 2. The summed E-state index contributed by atoms with van der Waals surface area (Å²) in [5, 5.41) is 0. The predicted molar refractivity (Wildman–Crippen MR) is 97.5 cm³/mol. The molecular formula is C20H38O3. The molecule has 136 valence electrons. The molecule has 0 aliphatic heterocycles. The van der Waals surface area contributed by atoms with E-state index in [-0.39, 0.29) is 16.2 Å². The minimum Gasteiger partial charge on any atom is -0.438 e. The van der Waals surface area contributed by atoms with Crippen LogP contribution < -0.4 is 0 Å². The molecule has 0 aliphatic rings. The first-order valence-electron chi connectivity index (χ1n) is 8.49. The van der Waals surface area contributed by atoms with Crippen molar-refractivity contribution < 1.29 is 14.3 Å². The van der Waals surface area contributed by atoms with Crippen LogP contribution in [0, 0.1) is 21.7 Å². The standard InChI is InChI=1S/C20H38O3/c1-17(2,3)13-18(4,5)11-12-19(6,7)14-20(8,9)15-23-16(21)22-10/h11-12H,13-15H2,1-10H3/b12-11-. The molecule has 0 saturated heterocycles. The molecule has 0 rings (SSSR count). The highest BCUT2D eigenvalue weighted by atomic mass is 16.7. The Labute approximate surface area is 143 Å². The SMILES string of the molecule is COC(=O)OCC(C)(C)CC(C)(C)/C=C\C(C)(C)CC(C)(C)C. The van der Waals surface area contributed by atoms with Crippen LogP contribution >= 0.6 is 0 Å². The summed E-state index contributed by atoms with van der Waals surface area (Å²) in [4.78, 5) is 11.2. The maximum atomic E-state index is 11.2. The van der Waals surface area contributed by atoms with E-state index in [0.29, 0.717) is 12.0 Å². The number of hydrogen-bond acceptors (Lipinski definition) is 3. The summed E-state index contributed by atoms with van der Waals surface area (Å²) in [6, 6.07) is 0. The highest BCUT2D eigenvalue weighted by molar-refractivity contribution is 5.59. The van der Waals surface area contributed by atoms with Gasteiger partial charge >= 0.3 is 6.16 Å². The Balaban J connectivity index is 4.79. The van der Waals surface area contributed by atoms with Gasteiger partial charge in [-0.15, -0.1) is 0 Å². The second-order valence-electron chi connectivity index (χ2n) is 10.1. The van der Waals surface area contributed by atoms with E-state index in [0.717, 1.165) is 12.8 Å². The van der Waals surface area contributed by atoms with Crippen molar-refractivity contribution in [2.45, 2.75) is 75.2 Å². The molecule has 0 aromatic rings. The quantitative estimate of drug-likeness (QED) is 0.411. The second-order valence-corrected chi connectivity index (χ2v) is 10.1. The Morgan fingerprint density at radius 1 is 0.826 bits per heavy atom. The summed E-state index contributed by atoms with van der Waals surface area (Å²) in [5.41, 5.74) is 0.419. The summed E-state index contributed by atoms with van der Waals surface area (Å²) in [5.74, 6) is 0. The molecule has 0 bridgehead atoms. The highest BCUT2D eigenvalue weighted by Gasteiger charge is 2.30. The fourth-order valence-corrected chi connectivity index (χ4v) is 3.53. The van der Waals surface area contributed by atoms with Crippen molar-refractivity contribution in [3.63, 3.8) is 0 Å². The van der Waals surface area contributed by atoms with Gasteiger partial charge in [-0.3, -0.25) is 0 Å². The summed E-state index contributed by atoms with van der Waals surface area (Å²) in [6.07, 6.45) is 6.12. The molecule has 23 heavy (non-hydrogen) atoms. The maximum absolute atomic E-state index is 11.2. The lowest BCUT2D eigenvalue weighted by Crippen LogP contribution is -2.28. The van der Waals surface area contributed by atoms with Crippen molar-refractivity contribution in [1.82, 2.24) is 0 Å². The van der Waals surface area contributed by atoms with Gasteiger partial charge in [0.15, 0.2) is 0 Å². The Morgan fingerprint density at radius 2 is 1.26 bits per heavy atom. The van der Waals surface area contributed by atoms with Gasteiger partial charge in [0.05, 0.1) is 7.11 Å². The van der Waals surface area contributed by atoms with Crippen LogP contribution in [0.5, 0.6) is 0 Å². The van der Waals surface area contributed by atoms with Gasteiger partial charge in [0.1, 0.15) is 6.61 Å². The fourth-order valence-electron chi connectivity index (χ4n) is 3.53. The molecule has 0 N–H and O–H groups in total. The number of methoxy groups -OCH3 is 1. The fraction of sp³-hybridized carbons (Fsp3) is 0.850. The van der Waals surface area contributed by atoms with E-state index in [2.05, 4.69) is 79.2 Å². The van der Waals surface area contributed by atoms with Crippen LogP contribution in [-0.2, 0) is 9.47 Å². The normalized spacial score (nSPS) is 14.2. The summed E-state index contributed by atoms with van der Waals surface area (Å²) in [6.45, 7) is 20.5. The van der Waals surface area contributed by atoms with Gasteiger partial charge < -0.3 is 9.47 Å². The molecule has 0 atom stereocenters. The lowest BCUT2D eigenvalue weighted by molar-refractivity contribution is 0.0329. The minimum absolute atomic E-state index is 0.0398. The largest absolute Gasteiger partial charge is 0.507 e. The summed E-state index contributed by atoms with van der Waals surface area (Å²) in [7, 11) is 1.33. The summed E-state index contributed by atoms with van der Waals surface area (Å²) >= 11 is 0. The second kappa shape index (κ2) is 7.72. The van der Waals surface area contributed by atoms with E-state index < -0.39 is 6.16 Å². The zero-order valence-electron chi connectivity index (χ0n) is 17.0. The van der Waals surface area contributed by atoms with Crippen LogP contribution in [0.2, 0.25) is 0 Å². The van der Waals surface area contributed by atoms with Crippen LogP contribution in [0.15, 0.2) is 12.2 Å². The highest BCUT2D eigenvalue weighted by Crippen LogP contribution is 2.39. The molecule has 0 aromatic heterocycles. The average molecular weight is 327 g/mol. The minimum atomic E-state index is -0.613. The molecule has 3 heteroatoms. The van der Waals surface area contributed by atoms with Crippen molar-refractivity contribution in [3.8, 4) is 0 Å². The Bertz CT molecular complexity index is 409. The first-order chi connectivity index (χ1) is 10.1. The molecule has 0 amide bonds. The third-order valence-electron chi connectivity index (χ3n) is 3.65. The third kappa shape index (κ3) is 11.2. The van der Waals surface area contributed by atoms with E-state index in [4.69, 9.17) is 4.74 Å². The van der Waals surface area contributed by atoms with Crippen molar-refractivity contribution in [2.24, 2.45) is 21.7 Å². The van der Waals surface area contributed by atoms with Gasteiger partial charge in [-0.1, -0.05) is 74.5 Å². The predicted octanol–water partition coefficient (Wildman–Crippen LogP) is 6.23. The molecule has 0 aliphatic carbocycles. The zero-order chi connectivity index (χ0) is 18.5. The van der Waals surface area contributed by atoms with E-state index in [9.17, 15) is 4.79 Å². The van der Waals surface area contributed by atoms with E-state index in [1.54, 1.807) is 0 Å². The first-order valence-corrected chi connectivity index (χ1v) is 8.49. The Hall–Kier alpha value is -0.990. The van der Waals surface area contributed by atoms with Crippen LogP contribution in [-0.4, -0.2) is 19.9 Å². The average Bonchev–Trinajstić information content (AvgIpc) is 2.30. The van der Waals surface area contributed by atoms with Crippen LogP contribution in [0.4, 0.5) is 4.79 Å². The van der Waals surface area contributed by atoms with Gasteiger partial charge in [0.25, 0.3) is 0 Å². The van der Waals surface area contributed by atoms with Crippen LogP contribution in [0.25, 0.3) is 0 Å². The zero-order valence-corrected chi connectivity index (χ0v) is 17.0. The molecule has 0 saturated carbocycles. The molecule has 0 unspecified atom stereocenters. The third-order valence-corrected chi connectivity index (χ3v) is 3.65. The van der Waals surface area contributed by atoms with Gasteiger partial charge in [0.2, 0.25) is 0 Å². The number of rotatable bonds is 7. The van der Waals surface area contributed by atoms with Crippen molar-refractivity contribution in [1.29, 1.82) is 0 Å². The lowest BCUT2D eigenvalue weighted by atomic mass is 9.72. The molecule has 3 nitrogen and oxygen atoms in total. The Morgan fingerprint density at radius 3 is 1.65 bits per heavy atom. The first kappa shape index (κ1) is 22.0. The van der Waals surface area contributed by atoms with Gasteiger partial charge in [-0.05, 0) is 34.5 Å². The van der Waals surface area contributed by atoms with E-state index in [1.807, 2.05) is 0 Å². The molecule has 0 aromatic carbocycles. The van der Waals surface area contributed by atoms with Crippen molar-refractivity contribution in [3.05, 3.63) is 12.2 Å². The van der Waals surface area contributed by atoms with E-state index in [1.165, 1.54) is 7.11 Å². The van der Waals surface area contributed by atoms with Gasteiger partial charge in [-0.25, -0.2) is 4.79 Å². The van der Waals surface area contributed by atoms with Crippen molar-refractivity contribution in [2.75, 3.05) is 13.7 Å². The van der Waals surface area contributed by atoms with E-state index >= 15 is 0 Å². The number of hydrogen-bond donors (Lipinski definition) is 0. The van der Waals surface area contributed by atoms with Gasteiger partial charge in [0, 0.05) is 0 Å². The molecular weight excluding hydrogens is 288 g/mol. The lowest BCUT2D eigenvalue weighted by Gasteiger charge is -2.34. The van der Waals surface area contributed by atoms with Gasteiger partial charge in [-0.2, -0.15) is 0 Å². The molecule has 0 fully saturated rings. The van der Waals surface area contributed by atoms with Crippen LogP contribution in [0.1, 0.15) is 75.2 Å². The number of carbonyl (C=O) groups is 1. The summed E-state index contributed by atoms with van der Waals surface area (Å²) < 4.78 is 9.67. The number of carbonyl (C=O) groups excluding carboxylic acids is 1. The molecule has 0 radical (unpaired) electrons. The topological polar surface area (TPSA) is 35.5 Å². The van der Waals surface area contributed by atoms with Crippen molar-refractivity contribution >= 4 is 6.16 Å². The monoisotopic (exact) mass is 326 g/mol. The molecule has 0 heterocycles. The number of allylic oxidation sites excluding steroid dienone is 2. The Kier molecular flexibility index (Phi) is 7.39. The van der Waals surface area contributed by atoms with Crippen LogP contribution in [0.3, 0.4) is 0 Å².